The number of fused-ring (bicyclic) bond motifs is 1. The van der Waals surface area contributed by atoms with Gasteiger partial charge in [-0.05, 0) is 60.9 Å². The first-order valence-corrected chi connectivity index (χ1v) is 10.4. The van der Waals surface area contributed by atoms with Crippen molar-refractivity contribution < 1.29 is 18.7 Å². The minimum Gasteiger partial charge on any atom is -0.481 e. The maximum atomic E-state index is 13.5. The predicted molar refractivity (Wildman–Crippen MR) is 125 cm³/mol. The van der Waals surface area contributed by atoms with Gasteiger partial charge in [0, 0.05) is 5.56 Å². The highest BCUT2D eigenvalue weighted by molar-refractivity contribution is 6.33. The Balaban J connectivity index is 1.81. The monoisotopic (exact) mass is 448 g/mol. The molecule has 0 saturated carbocycles. The Morgan fingerprint density at radius 1 is 1.03 bits per heavy atom. The van der Waals surface area contributed by atoms with Crippen molar-refractivity contribution in [2.24, 2.45) is 0 Å². The molecule has 0 amide bonds. The molecule has 4 aromatic rings. The molecule has 0 aliphatic rings. The van der Waals surface area contributed by atoms with E-state index in [1.807, 2.05) is 38.1 Å². The van der Waals surface area contributed by atoms with Crippen molar-refractivity contribution in [3.63, 3.8) is 0 Å². The fourth-order valence-corrected chi connectivity index (χ4v) is 3.86. The van der Waals surface area contributed by atoms with Crippen molar-refractivity contribution >= 4 is 28.5 Å². The molecule has 162 valence electrons. The maximum absolute atomic E-state index is 13.5. The molecule has 0 radical (unpaired) electrons. The smallest absolute Gasteiger partial charge is 0.337 e. The predicted octanol–water partition coefficient (Wildman–Crippen LogP) is 6.10. The van der Waals surface area contributed by atoms with Crippen molar-refractivity contribution in [2.45, 2.75) is 20.5 Å². The summed E-state index contributed by atoms with van der Waals surface area (Å²) in [5.41, 5.74) is 3.81. The van der Waals surface area contributed by atoms with Crippen LogP contribution < -0.4 is 10.2 Å². The zero-order valence-corrected chi connectivity index (χ0v) is 18.7. The molecule has 4 rings (SSSR count). The summed E-state index contributed by atoms with van der Waals surface area (Å²) in [6.07, 6.45) is 0. The summed E-state index contributed by atoms with van der Waals surface area (Å²) >= 11 is 6.41. The van der Waals surface area contributed by atoms with Gasteiger partial charge < -0.3 is 13.9 Å². The Labute approximate surface area is 190 Å². The Hall–Kier alpha value is -3.57. The van der Waals surface area contributed by atoms with Crippen LogP contribution in [0.3, 0.4) is 0 Å². The van der Waals surface area contributed by atoms with Gasteiger partial charge in [0.25, 0.3) is 0 Å². The number of aryl methyl sites for hydroxylation is 2. The number of hydrogen-bond donors (Lipinski definition) is 0. The number of hydrogen-bond acceptors (Lipinski definition) is 5. The van der Waals surface area contributed by atoms with Crippen LogP contribution in [0.5, 0.6) is 5.75 Å². The number of methoxy groups -OCH3 is 1. The van der Waals surface area contributed by atoms with Gasteiger partial charge >= 0.3 is 5.97 Å². The Morgan fingerprint density at radius 2 is 1.75 bits per heavy atom. The number of halogens is 1. The number of esters is 1. The largest absolute Gasteiger partial charge is 0.481 e. The third kappa shape index (κ3) is 4.12. The number of benzene rings is 3. The van der Waals surface area contributed by atoms with E-state index in [0.29, 0.717) is 27.1 Å². The molecular weight excluding hydrogens is 428 g/mol. The molecule has 0 unspecified atom stereocenters. The molecule has 6 heteroatoms. The topological polar surface area (TPSA) is 65.7 Å². The first-order chi connectivity index (χ1) is 15.4. The summed E-state index contributed by atoms with van der Waals surface area (Å²) < 4.78 is 16.9. The average Bonchev–Trinajstić information content (AvgIpc) is 2.78. The molecule has 32 heavy (non-hydrogen) atoms. The van der Waals surface area contributed by atoms with E-state index < -0.39 is 5.97 Å². The maximum Gasteiger partial charge on any atom is 0.337 e. The highest BCUT2D eigenvalue weighted by Crippen LogP contribution is 2.36. The van der Waals surface area contributed by atoms with Gasteiger partial charge in [-0.1, -0.05) is 41.9 Å². The summed E-state index contributed by atoms with van der Waals surface area (Å²) in [5.74, 6) is -0.0432. The molecule has 0 bridgehead atoms. The lowest BCUT2D eigenvalue weighted by molar-refractivity contribution is 0.0600. The SMILES string of the molecule is COC(=O)c1ccc(COc2c(-c3ccccc3Cl)oc3cc(C)cc(C)c3c2=O)cc1. The molecule has 0 N–H and O–H groups in total. The second-order valence-electron chi connectivity index (χ2n) is 7.50. The van der Waals surface area contributed by atoms with Crippen LogP contribution >= 0.6 is 11.6 Å². The summed E-state index contributed by atoms with van der Waals surface area (Å²) in [6.45, 7) is 3.93. The minimum absolute atomic E-state index is 0.0922. The summed E-state index contributed by atoms with van der Waals surface area (Å²) in [6, 6.07) is 17.7. The standard InChI is InChI=1S/C26H21ClO5/c1-15-12-16(2)22-21(13-15)32-24(19-6-4-5-7-20(19)27)25(23(22)28)31-14-17-8-10-18(11-9-17)26(29)30-3/h4-13H,14H2,1-3H3. The normalized spacial score (nSPS) is 10.9. The molecule has 3 aromatic carbocycles. The fraction of sp³-hybridized carbons (Fsp3) is 0.154. The van der Waals surface area contributed by atoms with Gasteiger partial charge in [0.15, 0.2) is 5.76 Å². The zero-order valence-electron chi connectivity index (χ0n) is 17.9. The molecule has 0 aliphatic carbocycles. The number of carbonyl (C=O) groups excluding carboxylic acids is 1. The lowest BCUT2D eigenvalue weighted by atomic mass is 10.0. The van der Waals surface area contributed by atoms with Gasteiger partial charge in [0.05, 0.1) is 23.1 Å². The molecule has 0 aliphatic heterocycles. The van der Waals surface area contributed by atoms with Gasteiger partial charge in [-0.25, -0.2) is 4.79 Å². The van der Waals surface area contributed by atoms with Crippen LogP contribution in [0.15, 0.2) is 69.9 Å². The third-order valence-electron chi connectivity index (χ3n) is 5.17. The van der Waals surface area contributed by atoms with E-state index in [1.54, 1.807) is 36.4 Å². The van der Waals surface area contributed by atoms with E-state index in [0.717, 1.165) is 16.7 Å². The number of carbonyl (C=O) groups is 1. The van der Waals surface area contributed by atoms with E-state index in [2.05, 4.69) is 0 Å². The van der Waals surface area contributed by atoms with Crippen LogP contribution in [0.25, 0.3) is 22.3 Å². The molecule has 5 nitrogen and oxygen atoms in total. The van der Waals surface area contributed by atoms with Crippen molar-refractivity contribution in [1.82, 2.24) is 0 Å². The third-order valence-corrected chi connectivity index (χ3v) is 5.50. The van der Waals surface area contributed by atoms with E-state index >= 15 is 0 Å². The van der Waals surface area contributed by atoms with Crippen molar-refractivity contribution in [1.29, 1.82) is 0 Å². The van der Waals surface area contributed by atoms with Crippen molar-refractivity contribution in [2.75, 3.05) is 7.11 Å². The van der Waals surface area contributed by atoms with Gasteiger partial charge in [0.1, 0.15) is 12.2 Å². The van der Waals surface area contributed by atoms with Gasteiger partial charge in [0.2, 0.25) is 11.2 Å². The molecule has 0 spiro atoms. The molecule has 1 aromatic heterocycles. The van der Waals surface area contributed by atoms with E-state index in [1.165, 1.54) is 7.11 Å². The van der Waals surface area contributed by atoms with Crippen LogP contribution in [-0.2, 0) is 11.3 Å². The summed E-state index contributed by atoms with van der Waals surface area (Å²) in [5, 5.41) is 0.925. The van der Waals surface area contributed by atoms with Gasteiger partial charge in [-0.15, -0.1) is 0 Å². The lowest BCUT2D eigenvalue weighted by Crippen LogP contribution is -2.11. The van der Waals surface area contributed by atoms with E-state index in [4.69, 9.17) is 25.5 Å². The minimum atomic E-state index is -0.417. The fourth-order valence-electron chi connectivity index (χ4n) is 3.64. The number of ether oxygens (including phenoxy) is 2. The van der Waals surface area contributed by atoms with Gasteiger partial charge in [-0.2, -0.15) is 0 Å². The zero-order chi connectivity index (χ0) is 22.8. The second kappa shape index (κ2) is 8.89. The molecular formula is C26H21ClO5. The summed E-state index contributed by atoms with van der Waals surface area (Å²) in [4.78, 5) is 25.1. The first-order valence-electron chi connectivity index (χ1n) is 10.0. The average molecular weight is 449 g/mol. The quantitative estimate of drug-likeness (QED) is 0.345. The number of rotatable bonds is 5. The lowest BCUT2D eigenvalue weighted by Gasteiger charge is -2.14. The first kappa shape index (κ1) is 21.7. The molecule has 0 saturated heterocycles. The van der Waals surface area contributed by atoms with Crippen LogP contribution in [0, 0.1) is 13.8 Å². The van der Waals surface area contributed by atoms with Crippen LogP contribution in [0.2, 0.25) is 5.02 Å². The molecule has 0 atom stereocenters. The highest BCUT2D eigenvalue weighted by atomic mass is 35.5. The molecule has 1 heterocycles. The molecule has 0 fully saturated rings. The Bertz CT molecular complexity index is 1370. The van der Waals surface area contributed by atoms with Crippen molar-refractivity contribution in [3.8, 4) is 17.1 Å². The van der Waals surface area contributed by atoms with Crippen LogP contribution in [-0.4, -0.2) is 13.1 Å². The Kier molecular flexibility index (Phi) is 6.01. The van der Waals surface area contributed by atoms with Crippen LogP contribution in [0.4, 0.5) is 0 Å². The van der Waals surface area contributed by atoms with Crippen molar-refractivity contribution in [3.05, 3.63) is 98.2 Å². The highest BCUT2D eigenvalue weighted by Gasteiger charge is 2.21. The summed E-state index contributed by atoms with van der Waals surface area (Å²) in [7, 11) is 1.33. The van der Waals surface area contributed by atoms with Gasteiger partial charge in [-0.3, -0.25) is 4.79 Å². The Morgan fingerprint density at radius 3 is 2.44 bits per heavy atom. The van der Waals surface area contributed by atoms with E-state index in [-0.39, 0.29) is 23.5 Å². The van der Waals surface area contributed by atoms with E-state index in [9.17, 15) is 9.59 Å². The van der Waals surface area contributed by atoms with Crippen LogP contribution in [0.1, 0.15) is 27.0 Å². The second-order valence-corrected chi connectivity index (χ2v) is 7.91.